The van der Waals surface area contributed by atoms with Gasteiger partial charge in [-0.05, 0) is 31.4 Å². The molecule has 0 radical (unpaired) electrons. The molecule has 0 aromatic heterocycles. The van der Waals surface area contributed by atoms with Crippen LogP contribution < -0.4 is 5.73 Å². The molecule has 1 heterocycles. The Hall–Kier alpha value is -0.690. The first-order chi connectivity index (χ1) is 8.43. The molecule has 0 amide bonds. The first-order valence-corrected chi connectivity index (χ1v) is 7.38. The van der Waals surface area contributed by atoms with E-state index in [0.29, 0.717) is 31.5 Å². The van der Waals surface area contributed by atoms with E-state index in [2.05, 4.69) is 0 Å². The number of nitrogens with two attached hydrogens (primary N) is 1. The fourth-order valence-corrected chi connectivity index (χ4v) is 3.68. The zero-order chi connectivity index (χ0) is 13.3. The summed E-state index contributed by atoms with van der Waals surface area (Å²) >= 11 is 0. The van der Waals surface area contributed by atoms with Crippen LogP contribution in [0.5, 0.6) is 0 Å². The van der Waals surface area contributed by atoms with Crippen LogP contribution in [0.4, 0.5) is 4.39 Å². The second kappa shape index (κ2) is 6.17. The van der Waals surface area contributed by atoms with E-state index in [1.165, 1.54) is 10.4 Å². The van der Waals surface area contributed by atoms with Crippen molar-refractivity contribution in [3.05, 3.63) is 29.6 Å². The quantitative estimate of drug-likeness (QED) is 0.904. The van der Waals surface area contributed by atoms with E-state index in [1.807, 2.05) is 0 Å². The maximum Gasteiger partial charge on any atom is 0.245 e. The van der Waals surface area contributed by atoms with Crippen LogP contribution in [-0.4, -0.2) is 31.9 Å². The Labute approximate surface area is 119 Å². The monoisotopic (exact) mass is 308 g/mol. The van der Waals surface area contributed by atoms with Crippen LogP contribution in [0.2, 0.25) is 0 Å². The van der Waals surface area contributed by atoms with Crippen LogP contribution in [0.3, 0.4) is 0 Å². The summed E-state index contributed by atoms with van der Waals surface area (Å²) in [6, 6.07) is 4.46. The van der Waals surface area contributed by atoms with Crippen molar-refractivity contribution < 1.29 is 12.8 Å². The number of nitrogens with zero attached hydrogens (tertiary/aromatic N) is 1. The normalized spacial score (nSPS) is 18.1. The van der Waals surface area contributed by atoms with Gasteiger partial charge in [0.1, 0.15) is 10.7 Å². The van der Waals surface area contributed by atoms with Gasteiger partial charge < -0.3 is 5.73 Å². The fourth-order valence-electron chi connectivity index (χ4n) is 2.07. The van der Waals surface area contributed by atoms with Gasteiger partial charge in [-0.1, -0.05) is 12.1 Å². The molecule has 0 spiro atoms. The lowest BCUT2D eigenvalue weighted by Crippen LogP contribution is -2.43. The van der Waals surface area contributed by atoms with Crippen molar-refractivity contribution in [3.63, 3.8) is 0 Å². The van der Waals surface area contributed by atoms with Gasteiger partial charge in [-0.15, -0.1) is 12.4 Å². The number of piperidine rings is 1. The minimum absolute atomic E-state index is 0. The third-order valence-electron chi connectivity index (χ3n) is 3.27. The standard InChI is InChI=1S/C12H17FN2O2S.ClH/c1-9-3-2-4-11(12(9)13)18(16,17)15-7-5-10(14)6-8-15;/h2-4,10H,5-8,14H2,1H3;1H. The van der Waals surface area contributed by atoms with Crippen LogP contribution in [0.25, 0.3) is 0 Å². The molecule has 0 aliphatic carbocycles. The highest BCUT2D eigenvalue weighted by molar-refractivity contribution is 7.89. The lowest BCUT2D eigenvalue weighted by atomic mass is 10.1. The Balaban J connectivity index is 0.00000180. The Morgan fingerprint density at radius 3 is 2.47 bits per heavy atom. The zero-order valence-corrected chi connectivity index (χ0v) is 12.3. The summed E-state index contributed by atoms with van der Waals surface area (Å²) in [5.41, 5.74) is 6.08. The summed E-state index contributed by atoms with van der Waals surface area (Å²) in [5.74, 6) is -0.660. The van der Waals surface area contributed by atoms with Gasteiger partial charge in [0.2, 0.25) is 10.0 Å². The highest BCUT2D eigenvalue weighted by Gasteiger charge is 2.30. The fraction of sp³-hybridized carbons (Fsp3) is 0.500. The van der Waals surface area contributed by atoms with Crippen LogP contribution in [0.1, 0.15) is 18.4 Å². The van der Waals surface area contributed by atoms with Crippen LogP contribution in [0, 0.1) is 12.7 Å². The van der Waals surface area contributed by atoms with Crippen molar-refractivity contribution >= 4 is 22.4 Å². The predicted octanol–water partition coefficient (Wildman–Crippen LogP) is 1.67. The molecule has 19 heavy (non-hydrogen) atoms. The molecular weight excluding hydrogens is 291 g/mol. The molecule has 2 rings (SSSR count). The van der Waals surface area contributed by atoms with Gasteiger partial charge in [0.05, 0.1) is 0 Å². The van der Waals surface area contributed by atoms with Crippen molar-refractivity contribution in [3.8, 4) is 0 Å². The van der Waals surface area contributed by atoms with Gasteiger partial charge in [0.15, 0.2) is 0 Å². The highest BCUT2D eigenvalue weighted by atomic mass is 35.5. The molecule has 108 valence electrons. The van der Waals surface area contributed by atoms with Crippen LogP contribution in [-0.2, 0) is 10.0 Å². The third kappa shape index (κ3) is 3.25. The molecule has 0 unspecified atom stereocenters. The molecule has 0 saturated carbocycles. The Morgan fingerprint density at radius 1 is 1.32 bits per heavy atom. The number of halogens is 2. The first-order valence-electron chi connectivity index (χ1n) is 5.94. The number of benzene rings is 1. The highest BCUT2D eigenvalue weighted by Crippen LogP contribution is 2.23. The lowest BCUT2D eigenvalue weighted by molar-refractivity contribution is 0.319. The molecule has 1 aromatic rings. The van der Waals surface area contributed by atoms with Crippen molar-refractivity contribution in [1.82, 2.24) is 4.31 Å². The van der Waals surface area contributed by atoms with Gasteiger partial charge in [-0.25, -0.2) is 12.8 Å². The second-order valence-electron chi connectivity index (χ2n) is 4.63. The Bertz CT molecular complexity index is 543. The topological polar surface area (TPSA) is 63.4 Å². The largest absolute Gasteiger partial charge is 0.328 e. The number of aryl methyl sites for hydroxylation is 1. The second-order valence-corrected chi connectivity index (χ2v) is 6.53. The summed E-state index contributed by atoms with van der Waals surface area (Å²) in [7, 11) is -3.74. The van der Waals surface area contributed by atoms with Gasteiger partial charge in [0.25, 0.3) is 0 Å². The van der Waals surface area contributed by atoms with E-state index in [0.717, 1.165) is 0 Å². The SMILES string of the molecule is Cc1cccc(S(=O)(=O)N2CCC(N)CC2)c1F.Cl. The zero-order valence-electron chi connectivity index (χ0n) is 10.7. The van der Waals surface area contributed by atoms with Crippen molar-refractivity contribution in [1.29, 1.82) is 0 Å². The molecule has 2 N–H and O–H groups in total. The smallest absolute Gasteiger partial charge is 0.245 e. The summed E-state index contributed by atoms with van der Waals surface area (Å²) in [4.78, 5) is -0.238. The molecule has 4 nitrogen and oxygen atoms in total. The van der Waals surface area contributed by atoms with Gasteiger partial charge >= 0.3 is 0 Å². The average Bonchev–Trinajstić information content (AvgIpc) is 2.33. The molecule has 1 aliphatic heterocycles. The Morgan fingerprint density at radius 2 is 1.89 bits per heavy atom. The number of hydrogen-bond donors (Lipinski definition) is 1. The van der Waals surface area contributed by atoms with E-state index in [1.54, 1.807) is 19.1 Å². The molecule has 1 aromatic carbocycles. The van der Waals surface area contributed by atoms with Gasteiger partial charge in [0, 0.05) is 19.1 Å². The van der Waals surface area contributed by atoms with E-state index in [-0.39, 0.29) is 23.3 Å². The molecule has 0 bridgehead atoms. The number of sulfonamides is 1. The minimum Gasteiger partial charge on any atom is -0.328 e. The summed E-state index contributed by atoms with van der Waals surface area (Å²) in [5, 5.41) is 0. The van der Waals surface area contributed by atoms with Crippen LogP contribution >= 0.6 is 12.4 Å². The van der Waals surface area contributed by atoms with Crippen molar-refractivity contribution in [2.75, 3.05) is 13.1 Å². The maximum atomic E-state index is 13.9. The van der Waals surface area contributed by atoms with E-state index >= 15 is 0 Å². The number of rotatable bonds is 2. The Kier molecular flexibility index (Phi) is 5.32. The van der Waals surface area contributed by atoms with Crippen molar-refractivity contribution in [2.45, 2.75) is 30.7 Å². The van der Waals surface area contributed by atoms with Crippen molar-refractivity contribution in [2.24, 2.45) is 5.73 Å². The minimum atomic E-state index is -3.74. The molecule has 7 heteroatoms. The predicted molar refractivity (Wildman–Crippen MR) is 74.4 cm³/mol. The summed E-state index contributed by atoms with van der Waals surface area (Å²) in [6.07, 6.45) is 1.24. The molecule has 0 atom stereocenters. The lowest BCUT2D eigenvalue weighted by Gasteiger charge is -2.29. The van der Waals surface area contributed by atoms with Crippen LogP contribution in [0.15, 0.2) is 23.1 Å². The first kappa shape index (κ1) is 16.4. The molecule has 1 aliphatic rings. The average molecular weight is 309 g/mol. The van der Waals surface area contributed by atoms with E-state index in [4.69, 9.17) is 5.73 Å². The summed E-state index contributed by atoms with van der Waals surface area (Å²) in [6.45, 7) is 2.27. The third-order valence-corrected chi connectivity index (χ3v) is 5.19. The van der Waals surface area contributed by atoms with Gasteiger partial charge in [-0.2, -0.15) is 4.31 Å². The van der Waals surface area contributed by atoms with E-state index in [9.17, 15) is 12.8 Å². The summed E-state index contributed by atoms with van der Waals surface area (Å²) < 4.78 is 39.8. The van der Waals surface area contributed by atoms with E-state index < -0.39 is 15.8 Å². The molecular formula is C12H18ClFN2O2S. The maximum absolute atomic E-state index is 13.9. The molecule has 1 fully saturated rings. The molecule has 1 saturated heterocycles. The van der Waals surface area contributed by atoms with Gasteiger partial charge in [-0.3, -0.25) is 0 Å². The number of hydrogen-bond acceptors (Lipinski definition) is 3.